The molecule has 3 rings (SSSR count). The van der Waals surface area contributed by atoms with E-state index in [-0.39, 0.29) is 29.4 Å². The molecule has 1 unspecified atom stereocenters. The van der Waals surface area contributed by atoms with E-state index >= 15 is 0 Å². The predicted molar refractivity (Wildman–Crippen MR) is 119 cm³/mol. The van der Waals surface area contributed by atoms with Gasteiger partial charge < -0.3 is 5.73 Å². The van der Waals surface area contributed by atoms with Crippen molar-refractivity contribution in [1.29, 1.82) is 0 Å². The van der Waals surface area contributed by atoms with Crippen LogP contribution in [0, 0.1) is 5.82 Å². The van der Waals surface area contributed by atoms with Crippen molar-refractivity contribution in [3.8, 4) is 0 Å². The Morgan fingerprint density at radius 2 is 1.86 bits per heavy atom. The first-order valence-electron chi connectivity index (χ1n) is 9.14. The first-order valence-corrected chi connectivity index (χ1v) is 11.4. The van der Waals surface area contributed by atoms with E-state index in [1.807, 2.05) is 0 Å². The van der Waals surface area contributed by atoms with Crippen LogP contribution in [0.3, 0.4) is 0 Å². The fourth-order valence-corrected chi connectivity index (χ4v) is 5.46. The Kier molecular flexibility index (Phi) is 5.39. The van der Waals surface area contributed by atoms with Crippen LogP contribution in [0.1, 0.15) is 42.3 Å². The molecule has 0 radical (unpaired) electrons. The molecule has 2 atom stereocenters. The van der Waals surface area contributed by atoms with E-state index in [2.05, 4.69) is 10.9 Å². The first kappa shape index (κ1) is 21.5. The quantitative estimate of drug-likeness (QED) is 0.584. The topological polar surface area (TPSA) is 72.5 Å². The third kappa shape index (κ3) is 3.96. The maximum Gasteiger partial charge on any atom is 0.167 e. The van der Waals surface area contributed by atoms with Crippen LogP contribution in [-0.4, -0.2) is 32.2 Å². The maximum atomic E-state index is 14.8. The van der Waals surface area contributed by atoms with Crippen molar-refractivity contribution < 1.29 is 13.4 Å². The summed E-state index contributed by atoms with van der Waals surface area (Å²) in [5.41, 5.74) is 6.39. The van der Waals surface area contributed by atoms with Crippen LogP contribution in [0.15, 0.2) is 47.5 Å². The molecule has 0 amide bonds. The van der Waals surface area contributed by atoms with Crippen molar-refractivity contribution >= 4 is 38.6 Å². The summed E-state index contributed by atoms with van der Waals surface area (Å²) in [4.78, 5) is 17.1. The molecule has 0 saturated heterocycles. The van der Waals surface area contributed by atoms with Crippen molar-refractivity contribution in [3.63, 3.8) is 0 Å². The van der Waals surface area contributed by atoms with Gasteiger partial charge in [-0.2, -0.15) is 0 Å². The molecule has 0 fully saturated rings. The number of Topliss-reactive ketones (excluding diaryl/α,β-unsaturated/α-hetero) is 1. The number of rotatable bonds is 4. The zero-order chi connectivity index (χ0) is 21.6. The zero-order valence-electron chi connectivity index (χ0n) is 16.7. The van der Waals surface area contributed by atoms with E-state index in [0.717, 1.165) is 0 Å². The standard InChI is InChI=1S/C22H24ClFN2O2S/c1-21(2)20(25)26-22(3,13-29(21,4)28)17-11-14(5-10-18(17)24)12-19(27)15-6-8-16(23)9-7-15/h5-11H,4,12-13H2,1-3H3,(H2,25,26)/t22-,29?/m0/s1. The van der Waals surface area contributed by atoms with E-state index in [1.165, 1.54) is 6.07 Å². The van der Waals surface area contributed by atoms with Crippen LogP contribution in [-0.2, 0) is 21.5 Å². The lowest BCUT2D eigenvalue weighted by atomic mass is 9.90. The molecule has 154 valence electrons. The third-order valence-electron chi connectivity index (χ3n) is 5.57. The second kappa shape index (κ2) is 7.26. The Balaban J connectivity index is 1.98. The highest BCUT2D eigenvalue weighted by molar-refractivity contribution is 8.02. The van der Waals surface area contributed by atoms with E-state index in [4.69, 9.17) is 17.3 Å². The number of carbonyl (C=O) groups excluding carboxylic acids is 1. The highest BCUT2D eigenvalue weighted by Crippen LogP contribution is 2.38. The van der Waals surface area contributed by atoms with Gasteiger partial charge in [-0.15, -0.1) is 0 Å². The summed E-state index contributed by atoms with van der Waals surface area (Å²) >= 11 is 5.87. The summed E-state index contributed by atoms with van der Waals surface area (Å²) in [6.07, 6.45) is 0.0927. The number of hydrogen-bond donors (Lipinski definition) is 1. The number of ketones is 1. The molecule has 0 bridgehead atoms. The fraction of sp³-hybridized carbons (Fsp3) is 0.318. The minimum Gasteiger partial charge on any atom is -0.386 e. The minimum atomic E-state index is -2.67. The Hall–Kier alpha value is -2.18. The summed E-state index contributed by atoms with van der Waals surface area (Å²) < 4.78 is 27.1. The van der Waals surface area contributed by atoms with Gasteiger partial charge in [-0.25, -0.2) is 4.39 Å². The molecular formula is C22H24ClFN2O2S. The largest absolute Gasteiger partial charge is 0.386 e. The van der Waals surface area contributed by atoms with Crippen LogP contribution in [0.25, 0.3) is 0 Å². The summed E-state index contributed by atoms with van der Waals surface area (Å²) in [5.74, 6) is 3.54. The first-order chi connectivity index (χ1) is 13.4. The second-order valence-corrected chi connectivity index (χ2v) is 11.5. The monoisotopic (exact) mass is 434 g/mol. The van der Waals surface area contributed by atoms with E-state index in [1.54, 1.807) is 57.2 Å². The van der Waals surface area contributed by atoms with Crippen LogP contribution in [0.2, 0.25) is 5.02 Å². The Labute approximate surface area is 176 Å². The average Bonchev–Trinajstić information content (AvgIpc) is 2.62. The van der Waals surface area contributed by atoms with Gasteiger partial charge in [0, 0.05) is 28.3 Å². The number of halogens is 2. The smallest absolute Gasteiger partial charge is 0.167 e. The summed E-state index contributed by atoms with van der Waals surface area (Å²) in [6, 6.07) is 11.1. The van der Waals surface area contributed by atoms with Gasteiger partial charge >= 0.3 is 0 Å². The van der Waals surface area contributed by atoms with Gasteiger partial charge in [0.2, 0.25) is 0 Å². The molecule has 4 nitrogen and oxygen atoms in total. The van der Waals surface area contributed by atoms with E-state index in [9.17, 15) is 13.4 Å². The lowest BCUT2D eigenvalue weighted by molar-refractivity contribution is 0.0993. The van der Waals surface area contributed by atoms with Gasteiger partial charge in [-0.1, -0.05) is 17.7 Å². The molecule has 0 saturated carbocycles. The fourth-order valence-electron chi connectivity index (χ4n) is 3.41. The lowest BCUT2D eigenvalue weighted by Gasteiger charge is -2.41. The molecule has 1 aliphatic heterocycles. The average molecular weight is 435 g/mol. The van der Waals surface area contributed by atoms with E-state index < -0.39 is 25.6 Å². The number of nitrogens with two attached hydrogens (primary N) is 1. The maximum absolute atomic E-state index is 14.8. The van der Waals surface area contributed by atoms with E-state index in [0.29, 0.717) is 16.1 Å². The highest BCUT2D eigenvalue weighted by Gasteiger charge is 2.45. The molecule has 0 spiro atoms. The number of carbonyl (C=O) groups is 1. The van der Waals surface area contributed by atoms with Crippen molar-refractivity contribution in [2.75, 3.05) is 5.75 Å². The number of aliphatic imine (C=N–C) groups is 1. The molecule has 2 N–H and O–H groups in total. The molecule has 1 heterocycles. The predicted octanol–water partition coefficient (Wildman–Crippen LogP) is 3.99. The lowest BCUT2D eigenvalue weighted by Crippen LogP contribution is -2.54. The molecule has 7 heteroatoms. The third-order valence-corrected chi connectivity index (χ3v) is 8.92. The van der Waals surface area contributed by atoms with Crippen LogP contribution in [0.5, 0.6) is 0 Å². The minimum absolute atomic E-state index is 0.0687. The van der Waals surface area contributed by atoms with Crippen LogP contribution >= 0.6 is 11.6 Å². The summed E-state index contributed by atoms with van der Waals surface area (Å²) in [6.45, 7) is 5.17. The van der Waals surface area contributed by atoms with Gasteiger partial charge in [0.1, 0.15) is 11.7 Å². The van der Waals surface area contributed by atoms with Gasteiger partial charge in [0.25, 0.3) is 0 Å². The molecule has 2 aromatic carbocycles. The van der Waals surface area contributed by atoms with Crippen LogP contribution in [0.4, 0.5) is 4.39 Å². The van der Waals surface area contributed by atoms with Gasteiger partial charge in [-0.05, 0) is 78.1 Å². The number of hydrogen-bond acceptors (Lipinski definition) is 4. The molecule has 0 aliphatic carbocycles. The normalized spacial score (nSPS) is 26.0. The highest BCUT2D eigenvalue weighted by atomic mass is 35.5. The van der Waals surface area contributed by atoms with Crippen molar-refractivity contribution in [2.24, 2.45) is 10.7 Å². The van der Waals surface area contributed by atoms with Crippen molar-refractivity contribution in [3.05, 3.63) is 70.0 Å². The summed E-state index contributed by atoms with van der Waals surface area (Å²) in [5, 5.41) is 0.547. The van der Waals surface area contributed by atoms with Crippen molar-refractivity contribution in [1.82, 2.24) is 0 Å². The summed E-state index contributed by atoms with van der Waals surface area (Å²) in [7, 11) is -2.67. The Bertz CT molecular complexity index is 1110. The number of benzene rings is 2. The zero-order valence-corrected chi connectivity index (χ0v) is 18.2. The molecular weight excluding hydrogens is 411 g/mol. The van der Waals surface area contributed by atoms with Crippen molar-refractivity contribution in [2.45, 2.75) is 37.5 Å². The Morgan fingerprint density at radius 1 is 1.24 bits per heavy atom. The molecule has 29 heavy (non-hydrogen) atoms. The van der Waals surface area contributed by atoms with Gasteiger partial charge in [0.15, 0.2) is 5.78 Å². The molecule has 1 aliphatic rings. The van der Waals surface area contributed by atoms with Gasteiger partial charge in [0.05, 0.1) is 10.3 Å². The number of nitrogens with zero attached hydrogens (tertiary/aromatic N) is 1. The number of amidine groups is 1. The SMILES string of the molecule is C=S1(=O)C[C@@](C)(c2cc(CC(=O)c3ccc(Cl)cc3)ccc2F)N=C(N)C1(C)C. The Morgan fingerprint density at radius 3 is 2.45 bits per heavy atom. The van der Waals surface area contributed by atoms with Gasteiger partial charge in [-0.3, -0.25) is 14.0 Å². The second-order valence-electron chi connectivity index (χ2n) is 8.16. The van der Waals surface area contributed by atoms with Crippen LogP contribution < -0.4 is 5.73 Å². The molecule has 0 aromatic heterocycles. The molecule has 2 aromatic rings.